The maximum Gasteiger partial charge on any atom is 0.133 e. The predicted octanol–water partition coefficient (Wildman–Crippen LogP) is 4.02. The quantitative estimate of drug-likeness (QED) is 0.746. The number of nitrogens with zero attached hydrogens (tertiary/aromatic N) is 3. The Kier molecular flexibility index (Phi) is 4.56. The van der Waals surface area contributed by atoms with Crippen LogP contribution in [0.25, 0.3) is 10.9 Å². The number of aromatic nitrogens is 1. The lowest BCUT2D eigenvalue weighted by Gasteiger charge is -2.30. The molecule has 1 aliphatic heterocycles. The molecule has 0 aliphatic carbocycles. The van der Waals surface area contributed by atoms with Crippen LogP contribution in [0.15, 0.2) is 12.1 Å². The van der Waals surface area contributed by atoms with Gasteiger partial charge in [0.2, 0.25) is 0 Å². The van der Waals surface area contributed by atoms with Crippen molar-refractivity contribution in [2.24, 2.45) is 0 Å². The monoisotopic (exact) mass is 373 g/mol. The lowest BCUT2D eigenvalue weighted by Crippen LogP contribution is -2.37. The highest BCUT2D eigenvalue weighted by molar-refractivity contribution is 9.09. The highest BCUT2D eigenvalue weighted by Gasteiger charge is 2.21. The zero-order chi connectivity index (χ0) is 16.6. The van der Waals surface area contributed by atoms with E-state index in [-0.39, 0.29) is 4.83 Å². The molecule has 23 heavy (non-hydrogen) atoms. The van der Waals surface area contributed by atoms with Crippen molar-refractivity contribution in [1.29, 1.82) is 5.26 Å². The molecule has 1 saturated heterocycles. The van der Waals surface area contributed by atoms with Crippen molar-refractivity contribution >= 4 is 32.7 Å². The Balaban J connectivity index is 2.31. The molecule has 5 heteroatoms. The fourth-order valence-electron chi connectivity index (χ4n) is 3.16. The minimum absolute atomic E-state index is 0.184. The van der Waals surface area contributed by atoms with E-state index >= 15 is 0 Å². The van der Waals surface area contributed by atoms with E-state index in [1.165, 1.54) is 0 Å². The van der Waals surface area contributed by atoms with E-state index in [0.717, 1.165) is 52.1 Å². The molecule has 120 valence electrons. The van der Waals surface area contributed by atoms with Crippen molar-refractivity contribution in [2.45, 2.75) is 25.6 Å². The number of hydrogen-bond donors (Lipinski definition) is 0. The second-order valence-corrected chi connectivity index (χ2v) is 7.39. The first-order valence-electron chi connectivity index (χ1n) is 7.84. The number of anilines is 1. The molecule has 0 radical (unpaired) electrons. The van der Waals surface area contributed by atoms with Gasteiger partial charge in [0.05, 0.1) is 24.3 Å². The molecule has 2 heterocycles. The molecule has 1 aliphatic rings. The van der Waals surface area contributed by atoms with E-state index in [2.05, 4.69) is 52.9 Å². The van der Waals surface area contributed by atoms with E-state index in [1.807, 2.05) is 6.92 Å². The van der Waals surface area contributed by atoms with Gasteiger partial charge in [-0.3, -0.25) is 0 Å². The number of rotatable bonds is 2. The molecule has 0 N–H and O–H groups in total. The largest absolute Gasteiger partial charge is 0.378 e. The molecule has 1 aromatic heterocycles. The number of nitriles is 1. The summed E-state index contributed by atoms with van der Waals surface area (Å²) in [6.07, 6.45) is 0. The zero-order valence-corrected chi connectivity index (χ0v) is 15.3. The van der Waals surface area contributed by atoms with Crippen LogP contribution in [0.2, 0.25) is 0 Å². The third kappa shape index (κ3) is 2.93. The maximum absolute atomic E-state index is 9.73. The van der Waals surface area contributed by atoms with Gasteiger partial charge in [-0.2, -0.15) is 5.26 Å². The van der Waals surface area contributed by atoms with Gasteiger partial charge >= 0.3 is 0 Å². The summed E-state index contributed by atoms with van der Waals surface area (Å²) >= 11 is 3.67. The summed E-state index contributed by atoms with van der Waals surface area (Å²) in [6, 6.07) is 6.61. The summed E-state index contributed by atoms with van der Waals surface area (Å²) in [5.74, 6) is 0.913. The minimum atomic E-state index is 0.184. The molecule has 1 unspecified atom stereocenters. The predicted molar refractivity (Wildman–Crippen MR) is 96.3 cm³/mol. The molecule has 0 bridgehead atoms. The van der Waals surface area contributed by atoms with Crippen molar-refractivity contribution in [3.8, 4) is 6.07 Å². The Morgan fingerprint density at radius 2 is 2.00 bits per heavy atom. The van der Waals surface area contributed by atoms with E-state index in [4.69, 9.17) is 9.72 Å². The second kappa shape index (κ2) is 6.46. The van der Waals surface area contributed by atoms with Gasteiger partial charge in [-0.25, -0.2) is 4.98 Å². The van der Waals surface area contributed by atoms with Gasteiger partial charge in [-0.05, 0) is 32.4 Å². The van der Waals surface area contributed by atoms with Gasteiger partial charge in [0.15, 0.2) is 0 Å². The molecule has 1 fully saturated rings. The van der Waals surface area contributed by atoms with Crippen LogP contribution in [0.4, 0.5) is 5.82 Å². The summed E-state index contributed by atoms with van der Waals surface area (Å²) in [4.78, 5) is 7.37. The van der Waals surface area contributed by atoms with Crippen molar-refractivity contribution < 1.29 is 4.74 Å². The average Bonchev–Trinajstić information content (AvgIpc) is 2.54. The number of aryl methyl sites for hydroxylation is 1. The van der Waals surface area contributed by atoms with Crippen LogP contribution < -0.4 is 4.90 Å². The molecule has 3 rings (SSSR count). The van der Waals surface area contributed by atoms with E-state index in [1.54, 1.807) is 0 Å². The summed E-state index contributed by atoms with van der Waals surface area (Å²) in [6.45, 7) is 9.19. The van der Waals surface area contributed by atoms with Gasteiger partial charge < -0.3 is 9.64 Å². The first kappa shape index (κ1) is 16.2. The van der Waals surface area contributed by atoms with Crippen molar-refractivity contribution in [1.82, 2.24) is 4.98 Å². The van der Waals surface area contributed by atoms with Crippen LogP contribution >= 0.6 is 15.9 Å². The number of ether oxygens (including phenoxy) is 1. The lowest BCUT2D eigenvalue weighted by molar-refractivity contribution is 0.122. The number of pyridine rings is 1. The van der Waals surface area contributed by atoms with Gasteiger partial charge in [0.1, 0.15) is 11.9 Å². The first-order valence-corrected chi connectivity index (χ1v) is 8.76. The highest BCUT2D eigenvalue weighted by atomic mass is 79.9. The minimum Gasteiger partial charge on any atom is -0.378 e. The fourth-order valence-corrected chi connectivity index (χ4v) is 3.51. The standard InChI is InChI=1S/C18H20BrN3O/c1-11-8-14(13(3)19)17-15(9-11)16(10-20)12(2)18(21-17)22-4-6-23-7-5-22/h8-9,13H,4-7H2,1-3H3. The molecule has 1 aromatic carbocycles. The average molecular weight is 374 g/mol. The lowest BCUT2D eigenvalue weighted by atomic mass is 9.98. The number of hydrogen-bond acceptors (Lipinski definition) is 4. The molecule has 0 spiro atoms. The van der Waals surface area contributed by atoms with Gasteiger partial charge in [-0.15, -0.1) is 0 Å². The Bertz CT molecular complexity index is 789. The van der Waals surface area contributed by atoms with Crippen LogP contribution in [0.3, 0.4) is 0 Å². The van der Waals surface area contributed by atoms with Crippen LogP contribution in [0.5, 0.6) is 0 Å². The molecule has 0 amide bonds. The fraction of sp³-hybridized carbons (Fsp3) is 0.444. The normalized spacial score (nSPS) is 16.4. The smallest absolute Gasteiger partial charge is 0.133 e. The molecule has 1 atom stereocenters. The molecular formula is C18H20BrN3O. The summed E-state index contributed by atoms with van der Waals surface area (Å²) in [5.41, 5.74) is 4.89. The van der Waals surface area contributed by atoms with Gasteiger partial charge in [-0.1, -0.05) is 27.6 Å². The van der Waals surface area contributed by atoms with Crippen molar-refractivity contribution in [2.75, 3.05) is 31.2 Å². The molecule has 4 nitrogen and oxygen atoms in total. The molecule has 0 saturated carbocycles. The van der Waals surface area contributed by atoms with Gasteiger partial charge in [0.25, 0.3) is 0 Å². The van der Waals surface area contributed by atoms with Crippen LogP contribution in [-0.4, -0.2) is 31.3 Å². The number of fused-ring (bicyclic) bond motifs is 1. The van der Waals surface area contributed by atoms with Crippen LogP contribution in [0, 0.1) is 25.2 Å². The Morgan fingerprint density at radius 1 is 1.30 bits per heavy atom. The Hall–Kier alpha value is -1.64. The SMILES string of the molecule is Cc1cc(C(C)Br)c2nc(N3CCOCC3)c(C)c(C#N)c2c1. The number of halogens is 1. The third-order valence-corrected chi connectivity index (χ3v) is 4.83. The number of morpholine rings is 1. The van der Waals surface area contributed by atoms with E-state index < -0.39 is 0 Å². The van der Waals surface area contributed by atoms with Crippen molar-refractivity contribution in [3.05, 3.63) is 34.4 Å². The number of alkyl halides is 1. The van der Waals surface area contributed by atoms with Crippen LogP contribution in [0.1, 0.15) is 34.0 Å². The van der Waals surface area contributed by atoms with Gasteiger partial charge in [0, 0.05) is 28.9 Å². The maximum atomic E-state index is 9.73. The molecular weight excluding hydrogens is 354 g/mol. The van der Waals surface area contributed by atoms with Crippen molar-refractivity contribution in [3.63, 3.8) is 0 Å². The second-order valence-electron chi connectivity index (χ2n) is 6.01. The first-order chi connectivity index (χ1) is 11.0. The van der Waals surface area contributed by atoms with E-state index in [0.29, 0.717) is 13.2 Å². The summed E-state index contributed by atoms with van der Waals surface area (Å²) in [7, 11) is 0. The Labute approximate surface area is 145 Å². The van der Waals surface area contributed by atoms with E-state index in [9.17, 15) is 5.26 Å². The summed E-state index contributed by atoms with van der Waals surface area (Å²) in [5, 5.41) is 10.7. The topological polar surface area (TPSA) is 49.2 Å². The number of benzene rings is 1. The molecule has 2 aromatic rings. The third-order valence-electron chi connectivity index (χ3n) is 4.33. The Morgan fingerprint density at radius 3 is 2.61 bits per heavy atom. The zero-order valence-electron chi connectivity index (χ0n) is 13.7. The van der Waals surface area contributed by atoms with Crippen LogP contribution in [-0.2, 0) is 4.74 Å². The highest BCUT2D eigenvalue weighted by Crippen LogP contribution is 2.35. The summed E-state index contributed by atoms with van der Waals surface area (Å²) < 4.78 is 5.44.